The van der Waals surface area contributed by atoms with E-state index in [2.05, 4.69) is 6.92 Å². The third-order valence-electron chi connectivity index (χ3n) is 2.04. The summed E-state index contributed by atoms with van der Waals surface area (Å²) in [6.07, 6.45) is 1.58. The van der Waals surface area contributed by atoms with Crippen LogP contribution in [0.25, 0.3) is 0 Å². The van der Waals surface area contributed by atoms with Crippen LogP contribution in [0.5, 0.6) is 0 Å². The first-order valence-electron chi connectivity index (χ1n) is 6.08. The maximum Gasteiger partial charge on any atom is 0.320 e. The van der Waals surface area contributed by atoms with Crippen LogP contribution < -0.4 is 0 Å². The van der Waals surface area contributed by atoms with Crippen molar-refractivity contribution in [2.45, 2.75) is 33.6 Å². The van der Waals surface area contributed by atoms with E-state index in [9.17, 15) is 9.59 Å². The van der Waals surface area contributed by atoms with Crippen molar-refractivity contribution in [3.05, 3.63) is 0 Å². The Hall–Kier alpha value is -0.710. The molecule has 0 amide bonds. The largest absolute Gasteiger partial charge is 0.465 e. The summed E-state index contributed by atoms with van der Waals surface area (Å²) in [6, 6.07) is 0. The monoisotopic (exact) mass is 262 g/mol. The molecule has 0 aliphatic carbocycles. The second-order valence-corrected chi connectivity index (χ2v) is 4.68. The standard InChI is InChI=1S/C12H22O4S/c1-4-8-17-9-7-10(11(13)15-5-2)12(14)16-6-3/h10H,4-9H2,1-3H3. The first kappa shape index (κ1) is 16.3. The molecule has 4 nitrogen and oxygen atoms in total. The summed E-state index contributed by atoms with van der Waals surface area (Å²) in [6.45, 7) is 6.13. The molecule has 0 N–H and O–H groups in total. The van der Waals surface area contributed by atoms with Crippen molar-refractivity contribution in [1.29, 1.82) is 0 Å². The van der Waals surface area contributed by atoms with Gasteiger partial charge in [0.25, 0.3) is 0 Å². The van der Waals surface area contributed by atoms with Gasteiger partial charge >= 0.3 is 11.9 Å². The number of carbonyl (C=O) groups excluding carboxylic acids is 2. The average molecular weight is 262 g/mol. The molecule has 0 atom stereocenters. The van der Waals surface area contributed by atoms with Gasteiger partial charge in [0.2, 0.25) is 0 Å². The minimum Gasteiger partial charge on any atom is -0.465 e. The molecule has 100 valence electrons. The lowest BCUT2D eigenvalue weighted by molar-refractivity contribution is -0.161. The van der Waals surface area contributed by atoms with Crippen LogP contribution in [0.4, 0.5) is 0 Å². The molecule has 0 rings (SSSR count). The van der Waals surface area contributed by atoms with Gasteiger partial charge in [0.15, 0.2) is 5.92 Å². The van der Waals surface area contributed by atoms with Gasteiger partial charge in [-0.3, -0.25) is 9.59 Å². The molecule has 0 heterocycles. The second-order valence-electron chi connectivity index (χ2n) is 3.46. The Morgan fingerprint density at radius 1 is 1.00 bits per heavy atom. The number of hydrogen-bond acceptors (Lipinski definition) is 5. The van der Waals surface area contributed by atoms with Crippen molar-refractivity contribution in [3.8, 4) is 0 Å². The number of rotatable bonds is 9. The normalized spacial score (nSPS) is 10.4. The summed E-state index contributed by atoms with van der Waals surface area (Å²) in [5.41, 5.74) is 0. The van der Waals surface area contributed by atoms with Gasteiger partial charge in [0, 0.05) is 0 Å². The lowest BCUT2D eigenvalue weighted by Gasteiger charge is -2.13. The molecule has 0 aromatic carbocycles. The zero-order chi connectivity index (χ0) is 13.1. The number of ether oxygens (including phenoxy) is 2. The van der Waals surface area contributed by atoms with Gasteiger partial charge in [-0.1, -0.05) is 6.92 Å². The van der Waals surface area contributed by atoms with Crippen molar-refractivity contribution in [3.63, 3.8) is 0 Å². The fourth-order valence-electron chi connectivity index (χ4n) is 1.27. The molecule has 0 aromatic heterocycles. The summed E-state index contributed by atoms with van der Waals surface area (Å²) >= 11 is 1.74. The highest BCUT2D eigenvalue weighted by Gasteiger charge is 2.28. The minimum atomic E-state index is -0.765. The smallest absolute Gasteiger partial charge is 0.320 e. The van der Waals surface area contributed by atoms with E-state index in [1.807, 2.05) is 0 Å². The van der Waals surface area contributed by atoms with E-state index < -0.39 is 17.9 Å². The highest BCUT2D eigenvalue weighted by molar-refractivity contribution is 7.99. The van der Waals surface area contributed by atoms with Crippen LogP contribution in [0.15, 0.2) is 0 Å². The predicted octanol–water partition coefficient (Wildman–Crippen LogP) is 2.26. The molecule has 5 heteroatoms. The third-order valence-corrected chi connectivity index (χ3v) is 3.26. The Balaban J connectivity index is 4.19. The molecular formula is C12H22O4S. The van der Waals surface area contributed by atoms with Crippen LogP contribution >= 0.6 is 11.8 Å². The molecule has 0 saturated carbocycles. The molecule has 0 fully saturated rings. The Bertz CT molecular complexity index is 213. The van der Waals surface area contributed by atoms with Gasteiger partial charge in [-0.2, -0.15) is 11.8 Å². The Labute approximate surface area is 107 Å². The van der Waals surface area contributed by atoms with Crippen LogP contribution in [-0.4, -0.2) is 36.7 Å². The highest BCUT2D eigenvalue weighted by Crippen LogP contribution is 2.14. The van der Waals surface area contributed by atoms with Crippen LogP contribution in [-0.2, 0) is 19.1 Å². The first-order chi connectivity index (χ1) is 8.17. The van der Waals surface area contributed by atoms with Crippen molar-refractivity contribution in [2.75, 3.05) is 24.7 Å². The lowest BCUT2D eigenvalue weighted by atomic mass is 10.1. The van der Waals surface area contributed by atoms with Crippen LogP contribution in [0.1, 0.15) is 33.6 Å². The highest BCUT2D eigenvalue weighted by atomic mass is 32.2. The molecule has 0 radical (unpaired) electrons. The van der Waals surface area contributed by atoms with E-state index in [0.29, 0.717) is 6.42 Å². The molecule has 0 aliphatic rings. The Kier molecular flexibility index (Phi) is 10.0. The topological polar surface area (TPSA) is 52.6 Å². The van der Waals surface area contributed by atoms with E-state index >= 15 is 0 Å². The van der Waals surface area contributed by atoms with Crippen molar-refractivity contribution >= 4 is 23.7 Å². The van der Waals surface area contributed by atoms with Gasteiger partial charge in [-0.05, 0) is 38.2 Å². The van der Waals surface area contributed by atoms with E-state index in [1.54, 1.807) is 25.6 Å². The maximum atomic E-state index is 11.6. The molecular weight excluding hydrogens is 240 g/mol. The fraction of sp³-hybridized carbons (Fsp3) is 0.833. The van der Waals surface area contributed by atoms with E-state index in [1.165, 1.54) is 0 Å². The summed E-state index contributed by atoms with van der Waals surface area (Å²) in [5, 5.41) is 0. The summed E-state index contributed by atoms with van der Waals surface area (Å²) in [4.78, 5) is 23.2. The fourth-order valence-corrected chi connectivity index (χ4v) is 2.16. The van der Waals surface area contributed by atoms with Crippen molar-refractivity contribution in [1.82, 2.24) is 0 Å². The Morgan fingerprint density at radius 2 is 1.53 bits per heavy atom. The summed E-state index contributed by atoms with van der Waals surface area (Å²) < 4.78 is 9.76. The number of hydrogen-bond donors (Lipinski definition) is 0. The predicted molar refractivity (Wildman–Crippen MR) is 69.0 cm³/mol. The van der Waals surface area contributed by atoms with Crippen LogP contribution in [0, 0.1) is 5.92 Å². The molecule has 0 unspecified atom stereocenters. The van der Waals surface area contributed by atoms with Gasteiger partial charge in [0.1, 0.15) is 0 Å². The molecule has 17 heavy (non-hydrogen) atoms. The maximum absolute atomic E-state index is 11.6. The zero-order valence-electron chi connectivity index (χ0n) is 10.9. The average Bonchev–Trinajstić information content (AvgIpc) is 2.29. The zero-order valence-corrected chi connectivity index (χ0v) is 11.7. The summed E-state index contributed by atoms with van der Waals surface area (Å²) in [5.74, 6) is 0.111. The molecule has 0 bridgehead atoms. The van der Waals surface area contributed by atoms with E-state index in [4.69, 9.17) is 9.47 Å². The minimum absolute atomic E-state index is 0.289. The third kappa shape index (κ3) is 7.26. The number of thioether (sulfide) groups is 1. The van der Waals surface area contributed by atoms with Crippen molar-refractivity contribution in [2.24, 2.45) is 5.92 Å². The molecule has 0 spiro atoms. The van der Waals surface area contributed by atoms with E-state index in [0.717, 1.165) is 17.9 Å². The van der Waals surface area contributed by atoms with Gasteiger partial charge < -0.3 is 9.47 Å². The summed E-state index contributed by atoms with van der Waals surface area (Å²) in [7, 11) is 0. The second kappa shape index (κ2) is 10.4. The van der Waals surface area contributed by atoms with Gasteiger partial charge in [0.05, 0.1) is 13.2 Å². The lowest BCUT2D eigenvalue weighted by Crippen LogP contribution is -2.28. The van der Waals surface area contributed by atoms with Gasteiger partial charge in [-0.25, -0.2) is 0 Å². The van der Waals surface area contributed by atoms with E-state index in [-0.39, 0.29) is 13.2 Å². The number of esters is 2. The molecule has 0 aliphatic heterocycles. The SMILES string of the molecule is CCCSCCC(C(=O)OCC)C(=O)OCC. The number of carbonyl (C=O) groups is 2. The Morgan fingerprint density at radius 3 is 1.94 bits per heavy atom. The first-order valence-corrected chi connectivity index (χ1v) is 7.23. The molecule has 0 saturated heterocycles. The van der Waals surface area contributed by atoms with Crippen molar-refractivity contribution < 1.29 is 19.1 Å². The van der Waals surface area contributed by atoms with Crippen LogP contribution in [0.3, 0.4) is 0 Å². The molecule has 0 aromatic rings. The van der Waals surface area contributed by atoms with Gasteiger partial charge in [-0.15, -0.1) is 0 Å². The quantitative estimate of drug-likeness (QED) is 0.362. The van der Waals surface area contributed by atoms with Crippen LogP contribution in [0.2, 0.25) is 0 Å².